The fourth-order valence-corrected chi connectivity index (χ4v) is 1.69. The van der Waals surface area contributed by atoms with Gasteiger partial charge in [0.1, 0.15) is 5.69 Å². The van der Waals surface area contributed by atoms with Gasteiger partial charge < -0.3 is 15.0 Å². The van der Waals surface area contributed by atoms with Gasteiger partial charge in [-0.3, -0.25) is 9.59 Å². The Morgan fingerprint density at radius 2 is 2.40 bits per heavy atom. The first kappa shape index (κ1) is 9.70. The van der Waals surface area contributed by atoms with E-state index in [-0.39, 0.29) is 12.5 Å². The Kier molecular flexibility index (Phi) is 2.40. The molecule has 0 spiro atoms. The normalized spacial score (nSPS) is 20.5. The Hall–Kier alpha value is -1.85. The van der Waals surface area contributed by atoms with Gasteiger partial charge in [-0.1, -0.05) is 0 Å². The van der Waals surface area contributed by atoms with Crippen LogP contribution in [0.3, 0.4) is 0 Å². The summed E-state index contributed by atoms with van der Waals surface area (Å²) in [5.41, 5.74) is 0.404. The molecule has 6 heteroatoms. The van der Waals surface area contributed by atoms with Crippen molar-refractivity contribution in [2.75, 3.05) is 13.1 Å². The molecule has 2 rings (SSSR count). The highest BCUT2D eigenvalue weighted by atomic mass is 16.4. The third-order valence-corrected chi connectivity index (χ3v) is 2.55. The van der Waals surface area contributed by atoms with Gasteiger partial charge in [-0.15, -0.1) is 0 Å². The van der Waals surface area contributed by atoms with E-state index in [0.717, 1.165) is 0 Å². The Labute approximate surface area is 85.9 Å². The monoisotopic (exact) mass is 209 g/mol. The first-order valence-electron chi connectivity index (χ1n) is 4.69. The SMILES string of the molecule is O=C(O)[C@@H]1CCN(C(=O)c2cnc[nH]2)C1. The minimum Gasteiger partial charge on any atom is -0.481 e. The van der Waals surface area contributed by atoms with Crippen molar-refractivity contribution in [2.24, 2.45) is 5.92 Å². The number of aromatic amines is 1. The highest BCUT2D eigenvalue weighted by Gasteiger charge is 2.31. The molecular weight excluding hydrogens is 198 g/mol. The predicted octanol–water partition coefficient (Wildman–Crippen LogP) is -0.0436. The summed E-state index contributed by atoms with van der Waals surface area (Å²) in [4.78, 5) is 30.4. The molecule has 1 amide bonds. The molecule has 0 aliphatic carbocycles. The summed E-state index contributed by atoms with van der Waals surface area (Å²) in [7, 11) is 0. The highest BCUT2D eigenvalue weighted by molar-refractivity contribution is 5.92. The second-order valence-electron chi connectivity index (χ2n) is 3.54. The number of nitrogens with zero attached hydrogens (tertiary/aromatic N) is 2. The van der Waals surface area contributed by atoms with E-state index in [1.807, 2.05) is 0 Å². The number of carboxylic acids is 1. The maximum atomic E-state index is 11.7. The van der Waals surface area contributed by atoms with E-state index >= 15 is 0 Å². The molecule has 1 aliphatic heterocycles. The van der Waals surface area contributed by atoms with Gasteiger partial charge in [-0.25, -0.2) is 4.98 Å². The summed E-state index contributed by atoms with van der Waals surface area (Å²) in [5.74, 6) is -1.46. The maximum Gasteiger partial charge on any atom is 0.308 e. The summed E-state index contributed by atoms with van der Waals surface area (Å²) in [5, 5.41) is 8.79. The van der Waals surface area contributed by atoms with Gasteiger partial charge in [0.15, 0.2) is 0 Å². The smallest absolute Gasteiger partial charge is 0.308 e. The second kappa shape index (κ2) is 3.72. The van der Waals surface area contributed by atoms with E-state index in [2.05, 4.69) is 9.97 Å². The first-order valence-corrected chi connectivity index (χ1v) is 4.69. The van der Waals surface area contributed by atoms with Crippen LogP contribution in [0.4, 0.5) is 0 Å². The zero-order valence-electron chi connectivity index (χ0n) is 8.01. The van der Waals surface area contributed by atoms with Crippen LogP contribution in [0.2, 0.25) is 0 Å². The first-order chi connectivity index (χ1) is 7.18. The number of rotatable bonds is 2. The lowest BCUT2D eigenvalue weighted by atomic mass is 10.1. The van der Waals surface area contributed by atoms with Crippen molar-refractivity contribution in [3.8, 4) is 0 Å². The van der Waals surface area contributed by atoms with Crippen LogP contribution in [0, 0.1) is 5.92 Å². The Balaban J connectivity index is 2.02. The number of hydrogen-bond acceptors (Lipinski definition) is 3. The minimum atomic E-state index is -0.838. The second-order valence-corrected chi connectivity index (χ2v) is 3.54. The molecule has 1 aromatic rings. The lowest BCUT2D eigenvalue weighted by Gasteiger charge is -2.13. The zero-order chi connectivity index (χ0) is 10.8. The van der Waals surface area contributed by atoms with Crippen LogP contribution in [0.5, 0.6) is 0 Å². The molecule has 0 bridgehead atoms. The number of aromatic nitrogens is 2. The third kappa shape index (κ3) is 1.83. The Bertz CT molecular complexity index is 374. The largest absolute Gasteiger partial charge is 0.481 e. The molecule has 2 heterocycles. The quantitative estimate of drug-likeness (QED) is 0.715. The molecule has 1 fully saturated rings. The van der Waals surface area contributed by atoms with Gasteiger partial charge in [-0.05, 0) is 6.42 Å². The van der Waals surface area contributed by atoms with Crippen LogP contribution in [0.15, 0.2) is 12.5 Å². The number of carboxylic acid groups (broad SMARTS) is 1. The summed E-state index contributed by atoms with van der Waals surface area (Å²) in [6.45, 7) is 0.780. The lowest BCUT2D eigenvalue weighted by Crippen LogP contribution is -2.30. The van der Waals surface area contributed by atoms with Crippen molar-refractivity contribution >= 4 is 11.9 Å². The Morgan fingerprint density at radius 3 is 2.93 bits per heavy atom. The van der Waals surface area contributed by atoms with Crippen LogP contribution < -0.4 is 0 Å². The number of H-pyrrole nitrogens is 1. The fourth-order valence-electron chi connectivity index (χ4n) is 1.69. The van der Waals surface area contributed by atoms with Crippen LogP contribution in [-0.2, 0) is 4.79 Å². The fraction of sp³-hybridized carbons (Fsp3) is 0.444. The van der Waals surface area contributed by atoms with Crippen LogP contribution >= 0.6 is 0 Å². The number of aliphatic carboxylic acids is 1. The predicted molar refractivity (Wildman–Crippen MR) is 50.2 cm³/mol. The number of carbonyl (C=O) groups excluding carboxylic acids is 1. The Morgan fingerprint density at radius 1 is 1.60 bits per heavy atom. The maximum absolute atomic E-state index is 11.7. The van der Waals surface area contributed by atoms with E-state index in [1.54, 1.807) is 0 Å². The van der Waals surface area contributed by atoms with E-state index in [4.69, 9.17) is 5.11 Å². The molecule has 0 aromatic carbocycles. The van der Waals surface area contributed by atoms with Crippen molar-refractivity contribution < 1.29 is 14.7 Å². The van der Waals surface area contributed by atoms with Gasteiger partial charge in [-0.2, -0.15) is 0 Å². The van der Waals surface area contributed by atoms with Crippen LogP contribution in [0.1, 0.15) is 16.9 Å². The van der Waals surface area contributed by atoms with Crippen LogP contribution in [-0.4, -0.2) is 44.9 Å². The molecule has 80 valence electrons. The molecule has 0 saturated carbocycles. The van der Waals surface area contributed by atoms with Gasteiger partial charge in [0.2, 0.25) is 0 Å². The van der Waals surface area contributed by atoms with Crippen molar-refractivity contribution in [3.63, 3.8) is 0 Å². The lowest BCUT2D eigenvalue weighted by molar-refractivity contribution is -0.141. The van der Waals surface area contributed by atoms with E-state index in [9.17, 15) is 9.59 Å². The number of amides is 1. The average Bonchev–Trinajstić information content (AvgIpc) is 2.88. The summed E-state index contributed by atoms with van der Waals surface area (Å²) in [6, 6.07) is 0. The number of likely N-dealkylation sites (tertiary alicyclic amines) is 1. The molecule has 6 nitrogen and oxygen atoms in total. The number of nitrogens with one attached hydrogen (secondary N) is 1. The molecule has 1 aromatic heterocycles. The zero-order valence-corrected chi connectivity index (χ0v) is 8.01. The molecule has 1 saturated heterocycles. The standard InChI is InChI=1S/C9H11N3O3/c13-8(7-3-10-5-11-7)12-2-1-6(4-12)9(14)15/h3,5-6H,1-2,4H2,(H,10,11)(H,14,15)/t6-/m1/s1. The molecular formula is C9H11N3O3. The summed E-state index contributed by atoms with van der Waals surface area (Å²) in [6.07, 6.45) is 3.39. The molecule has 2 N–H and O–H groups in total. The van der Waals surface area contributed by atoms with E-state index in [1.165, 1.54) is 17.4 Å². The molecule has 0 unspecified atom stereocenters. The minimum absolute atomic E-state index is 0.184. The topological polar surface area (TPSA) is 86.3 Å². The molecule has 15 heavy (non-hydrogen) atoms. The molecule has 0 radical (unpaired) electrons. The van der Waals surface area contributed by atoms with Crippen molar-refractivity contribution in [2.45, 2.75) is 6.42 Å². The van der Waals surface area contributed by atoms with Gasteiger partial charge in [0, 0.05) is 13.1 Å². The molecule has 1 atom stereocenters. The summed E-state index contributed by atoms with van der Waals surface area (Å²) >= 11 is 0. The van der Waals surface area contributed by atoms with E-state index < -0.39 is 11.9 Å². The van der Waals surface area contributed by atoms with Crippen LogP contribution in [0.25, 0.3) is 0 Å². The van der Waals surface area contributed by atoms with Gasteiger partial charge >= 0.3 is 5.97 Å². The van der Waals surface area contributed by atoms with Gasteiger partial charge in [0.05, 0.1) is 18.4 Å². The number of carbonyl (C=O) groups is 2. The highest BCUT2D eigenvalue weighted by Crippen LogP contribution is 2.17. The van der Waals surface area contributed by atoms with Crippen molar-refractivity contribution in [3.05, 3.63) is 18.2 Å². The van der Waals surface area contributed by atoms with Crippen molar-refractivity contribution in [1.29, 1.82) is 0 Å². The van der Waals surface area contributed by atoms with E-state index in [0.29, 0.717) is 18.7 Å². The number of imidazole rings is 1. The molecule has 1 aliphatic rings. The third-order valence-electron chi connectivity index (χ3n) is 2.55. The average molecular weight is 209 g/mol. The van der Waals surface area contributed by atoms with Gasteiger partial charge in [0.25, 0.3) is 5.91 Å². The number of hydrogen-bond donors (Lipinski definition) is 2. The van der Waals surface area contributed by atoms with Crippen molar-refractivity contribution in [1.82, 2.24) is 14.9 Å². The summed E-state index contributed by atoms with van der Waals surface area (Å²) < 4.78 is 0.